The van der Waals surface area contributed by atoms with Crippen LogP contribution in [0.4, 0.5) is 19.3 Å². The molecule has 8 heteroatoms. The maximum Gasteiger partial charge on any atom is 0.323 e. The molecule has 0 saturated heterocycles. The molecule has 0 unspecified atom stereocenters. The summed E-state index contributed by atoms with van der Waals surface area (Å²) in [5.74, 6) is -0.780. The number of fused-ring (bicyclic) bond motifs is 5. The largest absolute Gasteiger partial charge is 0.494 e. The second-order valence-electron chi connectivity index (χ2n) is 9.39. The minimum atomic E-state index is -0.810. The van der Waals surface area contributed by atoms with E-state index < -0.39 is 23.7 Å². The SMILES string of the molecule is CCOc1cccc([C@@H]2c3cccn3-c3sc4c(c3CN2C(=O)Nc2ccc(F)cc2F)CCCC4)c1. The van der Waals surface area contributed by atoms with Gasteiger partial charge in [-0.1, -0.05) is 12.1 Å². The quantitative estimate of drug-likeness (QED) is 0.309. The first kappa shape index (κ1) is 23.7. The Morgan fingerprint density at radius 2 is 1.95 bits per heavy atom. The molecule has 0 spiro atoms. The van der Waals surface area contributed by atoms with Gasteiger partial charge in [-0.15, -0.1) is 11.3 Å². The molecule has 0 radical (unpaired) electrons. The van der Waals surface area contributed by atoms with Crippen molar-refractivity contribution in [3.05, 3.63) is 99.7 Å². The third-order valence-corrected chi connectivity index (χ3v) is 8.43. The number of aryl methyl sites for hydroxylation is 1. The number of amides is 2. The van der Waals surface area contributed by atoms with Crippen LogP contribution >= 0.6 is 11.3 Å². The zero-order valence-electron chi connectivity index (χ0n) is 20.5. The molecule has 1 N–H and O–H groups in total. The number of halogens is 2. The van der Waals surface area contributed by atoms with Gasteiger partial charge in [0.05, 0.1) is 30.6 Å². The molecule has 3 heterocycles. The van der Waals surface area contributed by atoms with Crippen molar-refractivity contribution >= 4 is 23.1 Å². The molecule has 2 aliphatic rings. The van der Waals surface area contributed by atoms with E-state index >= 15 is 0 Å². The Labute approximate surface area is 218 Å². The Morgan fingerprint density at radius 1 is 1.08 bits per heavy atom. The van der Waals surface area contributed by atoms with Gasteiger partial charge in [-0.3, -0.25) is 0 Å². The molecule has 0 bridgehead atoms. The smallest absolute Gasteiger partial charge is 0.323 e. The van der Waals surface area contributed by atoms with E-state index in [1.807, 2.05) is 43.3 Å². The van der Waals surface area contributed by atoms with Crippen LogP contribution in [0.2, 0.25) is 0 Å². The molecule has 1 aliphatic heterocycles. The van der Waals surface area contributed by atoms with Gasteiger partial charge in [-0.05, 0) is 80.1 Å². The topological polar surface area (TPSA) is 46.5 Å². The molecule has 0 saturated carbocycles. The van der Waals surface area contributed by atoms with Gasteiger partial charge in [0.2, 0.25) is 0 Å². The molecule has 37 heavy (non-hydrogen) atoms. The molecule has 2 amide bonds. The average molecular weight is 520 g/mol. The number of nitrogens with one attached hydrogen (secondary N) is 1. The number of aromatic nitrogens is 1. The zero-order valence-corrected chi connectivity index (χ0v) is 21.3. The van der Waals surface area contributed by atoms with Crippen LogP contribution in [0.3, 0.4) is 0 Å². The van der Waals surface area contributed by atoms with Crippen LogP contribution in [0.1, 0.15) is 53.1 Å². The highest BCUT2D eigenvalue weighted by atomic mass is 32.1. The number of carbonyl (C=O) groups excluding carboxylic acids is 1. The maximum atomic E-state index is 14.5. The van der Waals surface area contributed by atoms with E-state index in [2.05, 4.69) is 16.1 Å². The van der Waals surface area contributed by atoms with Crippen molar-refractivity contribution in [3.8, 4) is 10.8 Å². The number of carbonyl (C=O) groups is 1. The van der Waals surface area contributed by atoms with Gasteiger partial charge >= 0.3 is 6.03 Å². The van der Waals surface area contributed by atoms with Crippen molar-refractivity contribution < 1.29 is 18.3 Å². The Kier molecular flexibility index (Phi) is 6.20. The molecule has 2 aromatic heterocycles. The number of benzene rings is 2. The summed E-state index contributed by atoms with van der Waals surface area (Å²) in [7, 11) is 0. The van der Waals surface area contributed by atoms with E-state index in [1.54, 1.807) is 16.2 Å². The summed E-state index contributed by atoms with van der Waals surface area (Å²) in [6.07, 6.45) is 6.39. The number of rotatable bonds is 4. The Bertz CT molecular complexity index is 1480. The van der Waals surface area contributed by atoms with Crippen LogP contribution in [0, 0.1) is 11.6 Å². The number of nitrogens with zero attached hydrogens (tertiary/aromatic N) is 2. The molecule has 5 nitrogen and oxygen atoms in total. The van der Waals surface area contributed by atoms with Crippen molar-refractivity contribution in [2.75, 3.05) is 11.9 Å². The van der Waals surface area contributed by atoms with Gasteiger partial charge in [0.1, 0.15) is 22.4 Å². The van der Waals surface area contributed by atoms with Crippen molar-refractivity contribution in [2.45, 2.75) is 45.2 Å². The molecule has 190 valence electrons. The van der Waals surface area contributed by atoms with E-state index in [4.69, 9.17) is 4.74 Å². The van der Waals surface area contributed by atoms with E-state index in [-0.39, 0.29) is 5.69 Å². The first-order valence-corrected chi connectivity index (χ1v) is 13.4. The molecule has 0 fully saturated rings. The summed E-state index contributed by atoms with van der Waals surface area (Å²) in [6, 6.07) is 14.1. The predicted molar refractivity (Wildman–Crippen MR) is 141 cm³/mol. The van der Waals surface area contributed by atoms with Gasteiger partial charge < -0.3 is 19.5 Å². The molecule has 1 atom stereocenters. The monoisotopic (exact) mass is 519 g/mol. The van der Waals surface area contributed by atoms with Crippen molar-refractivity contribution in [1.29, 1.82) is 0 Å². The first-order chi connectivity index (χ1) is 18.0. The van der Waals surface area contributed by atoms with Crippen LogP contribution < -0.4 is 10.1 Å². The van der Waals surface area contributed by atoms with E-state index in [9.17, 15) is 13.6 Å². The number of thiophene rings is 1. The van der Waals surface area contributed by atoms with Gasteiger partial charge in [-0.25, -0.2) is 13.6 Å². The Morgan fingerprint density at radius 3 is 2.78 bits per heavy atom. The van der Waals surface area contributed by atoms with E-state index in [0.717, 1.165) is 59.0 Å². The highest BCUT2D eigenvalue weighted by Gasteiger charge is 2.36. The van der Waals surface area contributed by atoms with E-state index in [0.29, 0.717) is 13.2 Å². The zero-order chi connectivity index (χ0) is 25.5. The number of anilines is 1. The fourth-order valence-electron chi connectivity index (χ4n) is 5.46. The summed E-state index contributed by atoms with van der Waals surface area (Å²) in [5.41, 5.74) is 4.27. The Hall–Kier alpha value is -3.65. The number of hydrogen-bond donors (Lipinski definition) is 1. The van der Waals surface area contributed by atoms with Crippen molar-refractivity contribution in [3.63, 3.8) is 0 Å². The minimum absolute atomic E-state index is 0.0552. The van der Waals surface area contributed by atoms with Crippen LogP contribution in [0.25, 0.3) is 5.00 Å². The molecule has 4 aromatic rings. The molecule has 2 aromatic carbocycles. The number of ether oxygens (including phenoxy) is 1. The average Bonchev–Trinajstić information content (AvgIpc) is 3.48. The molecular weight excluding hydrogens is 492 g/mol. The normalized spacial score (nSPS) is 16.4. The summed E-state index contributed by atoms with van der Waals surface area (Å²) >= 11 is 1.81. The second-order valence-corrected chi connectivity index (χ2v) is 10.5. The Balaban J connectivity index is 1.49. The third kappa shape index (κ3) is 4.29. The lowest BCUT2D eigenvalue weighted by molar-refractivity contribution is 0.194. The lowest BCUT2D eigenvalue weighted by atomic mass is 9.95. The summed E-state index contributed by atoms with van der Waals surface area (Å²) in [4.78, 5) is 17.0. The van der Waals surface area contributed by atoms with Gasteiger partial charge in [-0.2, -0.15) is 0 Å². The molecule has 1 aliphatic carbocycles. The van der Waals surface area contributed by atoms with Crippen molar-refractivity contribution in [1.82, 2.24) is 9.47 Å². The highest BCUT2D eigenvalue weighted by Crippen LogP contribution is 2.44. The third-order valence-electron chi connectivity index (χ3n) is 7.10. The minimum Gasteiger partial charge on any atom is -0.494 e. The van der Waals surface area contributed by atoms with Crippen LogP contribution in [0.5, 0.6) is 5.75 Å². The molecular formula is C29H27F2N3O2S. The lowest BCUT2D eigenvalue weighted by Gasteiger charge is -2.31. The van der Waals surface area contributed by atoms with Gasteiger partial charge in [0.25, 0.3) is 0 Å². The second kappa shape index (κ2) is 9.67. The maximum absolute atomic E-state index is 14.5. The van der Waals surface area contributed by atoms with Gasteiger partial charge in [0.15, 0.2) is 0 Å². The summed E-state index contributed by atoms with van der Waals surface area (Å²) < 4.78 is 36.0. The lowest BCUT2D eigenvalue weighted by Crippen LogP contribution is -2.38. The van der Waals surface area contributed by atoms with Gasteiger partial charge in [0, 0.05) is 22.7 Å². The van der Waals surface area contributed by atoms with Crippen molar-refractivity contribution in [2.24, 2.45) is 0 Å². The van der Waals surface area contributed by atoms with Crippen LogP contribution in [-0.2, 0) is 19.4 Å². The first-order valence-electron chi connectivity index (χ1n) is 12.6. The predicted octanol–water partition coefficient (Wildman–Crippen LogP) is 7.23. The fourth-order valence-corrected chi connectivity index (χ4v) is 6.86. The standard InChI is InChI=1S/C29H27F2N3O2S/c1-2-36-20-8-5-7-18(15-20)27-25-10-6-14-33(25)28-22(21-9-3-4-11-26(21)37-28)17-34(27)29(35)32-24-13-12-19(30)16-23(24)31/h5-8,10,12-16,27H,2-4,9,11,17H2,1H3,(H,32,35)/t27-/m1/s1. The number of urea groups is 1. The summed E-state index contributed by atoms with van der Waals surface area (Å²) in [5, 5.41) is 3.85. The van der Waals surface area contributed by atoms with E-state index in [1.165, 1.54) is 22.9 Å². The van der Waals surface area contributed by atoms with Crippen LogP contribution in [0.15, 0.2) is 60.8 Å². The number of hydrogen-bond acceptors (Lipinski definition) is 3. The molecule has 6 rings (SSSR count). The highest BCUT2D eigenvalue weighted by molar-refractivity contribution is 7.15. The van der Waals surface area contributed by atoms with Crippen LogP contribution in [-0.4, -0.2) is 22.1 Å². The summed E-state index contributed by atoms with van der Waals surface area (Å²) in [6.45, 7) is 2.84. The fraction of sp³-hybridized carbons (Fsp3) is 0.276.